The first-order valence-electron chi connectivity index (χ1n) is 7.74. The summed E-state index contributed by atoms with van der Waals surface area (Å²) in [5.41, 5.74) is 0.637. The lowest BCUT2D eigenvalue weighted by Crippen LogP contribution is -2.45. The molecule has 0 aromatic heterocycles. The van der Waals surface area contributed by atoms with Crippen LogP contribution in [0.4, 0.5) is 5.69 Å². The summed E-state index contributed by atoms with van der Waals surface area (Å²) in [7, 11) is 0. The number of hydrogen-bond donors (Lipinski definition) is 1. The van der Waals surface area contributed by atoms with Crippen LogP contribution >= 0.6 is 11.8 Å². The topological polar surface area (TPSA) is 58.6 Å². The Kier molecular flexibility index (Phi) is 5.51. The average molecular weight is 342 g/mol. The second-order valence-electron chi connectivity index (χ2n) is 5.27. The third-order valence-electron chi connectivity index (χ3n) is 3.60. The summed E-state index contributed by atoms with van der Waals surface area (Å²) in [5.74, 6) is -1.13. The van der Waals surface area contributed by atoms with Gasteiger partial charge in [-0.2, -0.15) is 0 Å². The van der Waals surface area contributed by atoms with Crippen molar-refractivity contribution in [1.29, 1.82) is 0 Å². The van der Waals surface area contributed by atoms with Crippen molar-refractivity contribution in [3.63, 3.8) is 0 Å². The highest BCUT2D eigenvalue weighted by molar-refractivity contribution is 7.99. The monoisotopic (exact) mass is 342 g/mol. The van der Waals surface area contributed by atoms with Crippen LogP contribution < -0.4 is 5.32 Å². The van der Waals surface area contributed by atoms with E-state index in [9.17, 15) is 9.59 Å². The highest BCUT2D eigenvalue weighted by atomic mass is 32.2. The van der Waals surface area contributed by atoms with Crippen LogP contribution in [0.5, 0.6) is 0 Å². The Morgan fingerprint density at radius 3 is 2.38 bits per heavy atom. The fourth-order valence-corrected chi connectivity index (χ4v) is 3.28. The van der Waals surface area contributed by atoms with E-state index in [1.165, 1.54) is 4.90 Å². The zero-order chi connectivity index (χ0) is 16.8. The molecule has 6 heteroatoms. The van der Waals surface area contributed by atoms with E-state index in [0.29, 0.717) is 32.0 Å². The molecule has 0 bridgehead atoms. The van der Waals surface area contributed by atoms with Gasteiger partial charge in [0.25, 0.3) is 0 Å². The van der Waals surface area contributed by atoms with Crippen LogP contribution in [0.3, 0.4) is 0 Å². The number of morpholine rings is 1. The molecule has 0 spiro atoms. The van der Waals surface area contributed by atoms with Crippen molar-refractivity contribution in [1.82, 2.24) is 4.90 Å². The van der Waals surface area contributed by atoms with Gasteiger partial charge in [0.15, 0.2) is 0 Å². The lowest BCUT2D eigenvalue weighted by Gasteiger charge is -2.26. The number of carbonyl (C=O) groups excluding carboxylic acids is 2. The van der Waals surface area contributed by atoms with E-state index in [0.717, 1.165) is 9.79 Å². The van der Waals surface area contributed by atoms with E-state index in [1.54, 1.807) is 17.8 Å². The number of nitrogens with zero attached hydrogens (tertiary/aromatic N) is 1. The fraction of sp³-hybridized carbons (Fsp3) is 0.222. The van der Waals surface area contributed by atoms with Gasteiger partial charge in [-0.1, -0.05) is 42.1 Å². The van der Waals surface area contributed by atoms with Gasteiger partial charge < -0.3 is 15.0 Å². The van der Waals surface area contributed by atoms with Gasteiger partial charge in [0.2, 0.25) is 0 Å². The summed E-state index contributed by atoms with van der Waals surface area (Å²) >= 11 is 1.54. The van der Waals surface area contributed by atoms with Gasteiger partial charge in [-0.05, 0) is 24.3 Å². The minimum absolute atomic E-state index is 0.451. The molecule has 0 saturated carbocycles. The Labute approximate surface area is 145 Å². The molecule has 1 fully saturated rings. The molecule has 1 heterocycles. The van der Waals surface area contributed by atoms with E-state index in [-0.39, 0.29) is 0 Å². The van der Waals surface area contributed by atoms with Crippen LogP contribution in [0.2, 0.25) is 0 Å². The van der Waals surface area contributed by atoms with Crippen molar-refractivity contribution in [2.45, 2.75) is 9.79 Å². The predicted molar refractivity (Wildman–Crippen MR) is 93.0 cm³/mol. The Morgan fingerprint density at radius 2 is 1.62 bits per heavy atom. The number of nitrogens with one attached hydrogen (secondary N) is 1. The molecule has 2 aromatic carbocycles. The molecule has 1 saturated heterocycles. The molecule has 1 N–H and O–H groups in total. The van der Waals surface area contributed by atoms with Gasteiger partial charge in [-0.3, -0.25) is 9.59 Å². The van der Waals surface area contributed by atoms with Crippen molar-refractivity contribution >= 4 is 29.3 Å². The molecule has 0 radical (unpaired) electrons. The standard InChI is InChI=1S/C18H18N2O3S/c21-17(18(22)20-10-12-23-13-11-20)19-15-8-4-5-9-16(15)24-14-6-2-1-3-7-14/h1-9H,10-13H2,(H,19,21). The minimum atomic E-state index is -0.613. The van der Waals surface area contributed by atoms with Crippen LogP contribution in [0.25, 0.3) is 0 Å². The molecule has 0 aliphatic carbocycles. The molecule has 2 aromatic rings. The van der Waals surface area contributed by atoms with Gasteiger partial charge in [0, 0.05) is 22.9 Å². The van der Waals surface area contributed by atoms with Gasteiger partial charge >= 0.3 is 11.8 Å². The Hall–Kier alpha value is -2.31. The average Bonchev–Trinajstić information content (AvgIpc) is 2.64. The molecule has 5 nitrogen and oxygen atoms in total. The van der Waals surface area contributed by atoms with Crippen molar-refractivity contribution in [2.24, 2.45) is 0 Å². The van der Waals surface area contributed by atoms with Crippen molar-refractivity contribution in [3.8, 4) is 0 Å². The zero-order valence-corrected chi connectivity index (χ0v) is 13.9. The largest absolute Gasteiger partial charge is 0.378 e. The number of benzene rings is 2. The molecule has 1 aliphatic rings. The molecular weight excluding hydrogens is 324 g/mol. The number of rotatable bonds is 3. The highest BCUT2D eigenvalue weighted by Crippen LogP contribution is 2.33. The second kappa shape index (κ2) is 7.99. The summed E-state index contributed by atoms with van der Waals surface area (Å²) in [6.45, 7) is 1.85. The van der Waals surface area contributed by atoms with E-state index >= 15 is 0 Å². The molecule has 3 rings (SSSR count). The van der Waals surface area contributed by atoms with Gasteiger partial charge in [0.05, 0.1) is 18.9 Å². The molecule has 1 aliphatic heterocycles. The number of amides is 2. The van der Waals surface area contributed by atoms with Crippen molar-refractivity contribution in [2.75, 3.05) is 31.6 Å². The SMILES string of the molecule is O=C(Nc1ccccc1Sc1ccccc1)C(=O)N1CCOCC1. The Morgan fingerprint density at radius 1 is 0.958 bits per heavy atom. The van der Waals surface area contributed by atoms with Crippen LogP contribution in [-0.2, 0) is 14.3 Å². The van der Waals surface area contributed by atoms with E-state index in [1.807, 2.05) is 48.5 Å². The van der Waals surface area contributed by atoms with E-state index in [2.05, 4.69) is 5.32 Å². The lowest BCUT2D eigenvalue weighted by atomic mass is 10.3. The Balaban J connectivity index is 1.70. The molecule has 124 valence electrons. The highest BCUT2D eigenvalue weighted by Gasteiger charge is 2.24. The number of para-hydroxylation sites is 1. The minimum Gasteiger partial charge on any atom is -0.378 e. The second-order valence-corrected chi connectivity index (χ2v) is 6.39. The summed E-state index contributed by atoms with van der Waals surface area (Å²) in [6, 6.07) is 17.4. The Bertz CT molecular complexity index is 715. The first kappa shape index (κ1) is 16.5. The third-order valence-corrected chi connectivity index (χ3v) is 4.68. The van der Waals surface area contributed by atoms with E-state index in [4.69, 9.17) is 4.74 Å². The molecular formula is C18H18N2O3S. The van der Waals surface area contributed by atoms with Gasteiger partial charge in [-0.15, -0.1) is 0 Å². The molecule has 2 amide bonds. The number of hydrogen-bond acceptors (Lipinski definition) is 4. The summed E-state index contributed by atoms with van der Waals surface area (Å²) in [4.78, 5) is 28.0. The van der Waals surface area contributed by atoms with Gasteiger partial charge in [0.1, 0.15) is 0 Å². The van der Waals surface area contributed by atoms with Crippen LogP contribution in [0.15, 0.2) is 64.4 Å². The van der Waals surface area contributed by atoms with Crippen LogP contribution in [0, 0.1) is 0 Å². The van der Waals surface area contributed by atoms with Gasteiger partial charge in [-0.25, -0.2) is 0 Å². The van der Waals surface area contributed by atoms with Crippen LogP contribution in [0.1, 0.15) is 0 Å². The lowest BCUT2D eigenvalue weighted by molar-refractivity contribution is -0.145. The van der Waals surface area contributed by atoms with E-state index < -0.39 is 11.8 Å². The first-order chi connectivity index (χ1) is 11.7. The molecule has 24 heavy (non-hydrogen) atoms. The summed E-state index contributed by atoms with van der Waals surface area (Å²) < 4.78 is 5.20. The summed E-state index contributed by atoms with van der Waals surface area (Å²) in [6.07, 6.45) is 0. The maximum absolute atomic E-state index is 12.3. The van der Waals surface area contributed by atoms with Crippen molar-refractivity contribution < 1.29 is 14.3 Å². The third kappa shape index (κ3) is 4.15. The normalized spacial score (nSPS) is 14.2. The molecule has 0 unspecified atom stereocenters. The maximum atomic E-state index is 12.3. The van der Waals surface area contributed by atoms with Crippen LogP contribution in [-0.4, -0.2) is 43.0 Å². The fourth-order valence-electron chi connectivity index (χ4n) is 2.36. The first-order valence-corrected chi connectivity index (χ1v) is 8.55. The number of carbonyl (C=O) groups is 2. The maximum Gasteiger partial charge on any atom is 0.313 e. The number of ether oxygens (including phenoxy) is 1. The predicted octanol–water partition coefficient (Wildman–Crippen LogP) is 2.64. The smallest absolute Gasteiger partial charge is 0.313 e. The zero-order valence-electron chi connectivity index (χ0n) is 13.1. The quantitative estimate of drug-likeness (QED) is 0.871. The number of anilines is 1. The van der Waals surface area contributed by atoms with Crippen molar-refractivity contribution in [3.05, 3.63) is 54.6 Å². The summed E-state index contributed by atoms with van der Waals surface area (Å²) in [5, 5.41) is 2.74. The molecule has 0 atom stereocenters.